The van der Waals surface area contributed by atoms with E-state index in [-0.39, 0.29) is 45.7 Å². The number of aromatic carboxylic acids is 1. The zero-order valence-electron chi connectivity index (χ0n) is 23.0. The van der Waals surface area contributed by atoms with Crippen LogP contribution in [0.4, 0.5) is 19.5 Å². The highest BCUT2D eigenvalue weighted by Crippen LogP contribution is 2.37. The van der Waals surface area contributed by atoms with Crippen LogP contribution in [0.15, 0.2) is 36.4 Å². The fourth-order valence-electron chi connectivity index (χ4n) is 4.50. The first kappa shape index (κ1) is 29.2. The Morgan fingerprint density at radius 1 is 1.07 bits per heavy atom. The third-order valence-electron chi connectivity index (χ3n) is 6.40. The monoisotopic (exact) mass is 565 g/mol. The molecule has 2 heterocycles. The maximum atomic E-state index is 14.7. The molecule has 12 heteroatoms. The summed E-state index contributed by atoms with van der Waals surface area (Å²) in [6.45, 7) is 6.09. The summed E-state index contributed by atoms with van der Waals surface area (Å²) in [5, 5.41) is 22.2. The molecule has 214 valence electrons. The van der Waals surface area contributed by atoms with Gasteiger partial charge in [-0.05, 0) is 63.4 Å². The van der Waals surface area contributed by atoms with E-state index in [2.05, 4.69) is 15.3 Å². The van der Waals surface area contributed by atoms with Gasteiger partial charge in [-0.2, -0.15) is 5.26 Å². The summed E-state index contributed by atoms with van der Waals surface area (Å²) in [5.41, 5.74) is -0.885. The highest BCUT2D eigenvalue weighted by Gasteiger charge is 2.29. The van der Waals surface area contributed by atoms with Gasteiger partial charge in [-0.25, -0.2) is 28.3 Å². The minimum atomic E-state index is -1.39. The molecular weight excluding hydrogens is 536 g/mol. The summed E-state index contributed by atoms with van der Waals surface area (Å²) in [6.07, 6.45) is 0.496. The predicted octanol–water partition coefficient (Wildman–Crippen LogP) is 5.16. The van der Waals surface area contributed by atoms with E-state index in [0.29, 0.717) is 25.9 Å². The van der Waals surface area contributed by atoms with Crippen molar-refractivity contribution < 1.29 is 33.0 Å². The maximum absolute atomic E-state index is 14.7. The van der Waals surface area contributed by atoms with Crippen LogP contribution in [-0.2, 0) is 4.74 Å². The molecule has 1 aliphatic heterocycles. The van der Waals surface area contributed by atoms with Crippen molar-refractivity contribution in [1.29, 1.82) is 5.26 Å². The van der Waals surface area contributed by atoms with Gasteiger partial charge in [0.2, 0.25) is 5.95 Å². The van der Waals surface area contributed by atoms with Crippen LogP contribution in [0.2, 0.25) is 0 Å². The molecule has 2 N–H and O–H groups in total. The number of benzene rings is 2. The Kier molecular flexibility index (Phi) is 8.37. The minimum absolute atomic E-state index is 0.0200. The van der Waals surface area contributed by atoms with Crippen LogP contribution < -0.4 is 15.0 Å². The van der Waals surface area contributed by atoms with Crippen LogP contribution in [0.1, 0.15) is 49.7 Å². The Balaban J connectivity index is 1.76. The molecule has 10 nitrogen and oxygen atoms in total. The van der Waals surface area contributed by atoms with Crippen molar-refractivity contribution >= 4 is 18.0 Å². The molecule has 0 spiro atoms. The molecule has 2 aromatic carbocycles. The lowest BCUT2D eigenvalue weighted by Crippen LogP contribution is -2.46. The van der Waals surface area contributed by atoms with Gasteiger partial charge in [-0.15, -0.1) is 0 Å². The Bertz CT molecular complexity index is 1530. The van der Waals surface area contributed by atoms with Crippen molar-refractivity contribution in [3.8, 4) is 34.2 Å². The van der Waals surface area contributed by atoms with Crippen LogP contribution >= 0.6 is 0 Å². The topological polar surface area (TPSA) is 138 Å². The molecular formula is C29H29F2N5O5. The molecule has 4 rings (SSSR count). The van der Waals surface area contributed by atoms with Gasteiger partial charge in [0, 0.05) is 30.3 Å². The summed E-state index contributed by atoms with van der Waals surface area (Å²) in [4.78, 5) is 35.4. The van der Waals surface area contributed by atoms with Crippen molar-refractivity contribution in [2.24, 2.45) is 0 Å². The van der Waals surface area contributed by atoms with Gasteiger partial charge in [0.15, 0.2) is 17.3 Å². The number of piperidine rings is 1. The molecule has 0 unspecified atom stereocenters. The van der Waals surface area contributed by atoms with Crippen LogP contribution in [-0.4, -0.2) is 59.0 Å². The van der Waals surface area contributed by atoms with Gasteiger partial charge in [-0.1, -0.05) is 12.1 Å². The number of rotatable bonds is 6. The Hall–Kier alpha value is -4.79. The summed E-state index contributed by atoms with van der Waals surface area (Å²) in [6, 6.07) is 9.27. The molecule has 1 aliphatic rings. The quantitative estimate of drug-likeness (QED) is 0.415. The lowest BCUT2D eigenvalue weighted by Gasteiger charge is -2.33. The second-order valence-electron chi connectivity index (χ2n) is 10.5. The van der Waals surface area contributed by atoms with E-state index in [9.17, 15) is 23.5 Å². The first-order valence-electron chi connectivity index (χ1n) is 12.8. The molecule has 3 aromatic rings. The van der Waals surface area contributed by atoms with Crippen LogP contribution in [0.5, 0.6) is 5.75 Å². The zero-order chi connectivity index (χ0) is 29.9. The van der Waals surface area contributed by atoms with Crippen LogP contribution in [0.25, 0.3) is 22.4 Å². The number of anilines is 1. The number of nitriles is 1. The lowest BCUT2D eigenvalue weighted by molar-refractivity contribution is 0.0496. The first-order chi connectivity index (χ1) is 19.4. The SMILES string of the molecule is COc1ccc(-c2c(C(=O)O)nc(N3CCC(NC(=O)OC(C)(C)C)CC3)nc2-c2ccc(C#N)c(F)c2)cc1F. The third kappa shape index (κ3) is 6.69. The fraction of sp³-hybridized carbons (Fsp3) is 0.345. The molecule has 41 heavy (non-hydrogen) atoms. The summed E-state index contributed by atoms with van der Waals surface area (Å²) in [5.74, 6) is -2.91. The van der Waals surface area contributed by atoms with E-state index in [0.717, 1.165) is 12.1 Å². The number of nitrogens with one attached hydrogen (secondary N) is 1. The molecule has 0 aliphatic carbocycles. The third-order valence-corrected chi connectivity index (χ3v) is 6.40. The standard InChI is InChI=1S/C29H29F2N5O5/c1-29(2,3)41-28(39)33-19-9-11-36(12-10-19)27-34-24(17-5-6-18(15-32)20(30)14-17)23(25(35-27)26(37)38)16-7-8-22(40-4)21(31)13-16/h5-8,13-14,19H,9-12H2,1-4H3,(H,33,39)(H,37,38). The number of carboxylic acid groups (broad SMARTS) is 1. The number of hydrogen-bond donors (Lipinski definition) is 2. The normalized spacial score (nSPS) is 13.8. The van der Waals surface area contributed by atoms with E-state index < -0.39 is 35.0 Å². The van der Waals surface area contributed by atoms with Gasteiger partial charge >= 0.3 is 12.1 Å². The van der Waals surface area contributed by atoms with E-state index >= 15 is 0 Å². The summed E-state index contributed by atoms with van der Waals surface area (Å²) < 4.78 is 39.7. The van der Waals surface area contributed by atoms with E-state index in [1.807, 2.05) is 0 Å². The molecule has 0 radical (unpaired) electrons. The Morgan fingerprint density at radius 2 is 1.73 bits per heavy atom. The predicted molar refractivity (Wildman–Crippen MR) is 146 cm³/mol. The molecule has 0 bridgehead atoms. The molecule has 1 amide bonds. The molecule has 0 atom stereocenters. The second-order valence-corrected chi connectivity index (χ2v) is 10.5. The molecule has 1 aromatic heterocycles. The zero-order valence-corrected chi connectivity index (χ0v) is 23.0. The maximum Gasteiger partial charge on any atom is 0.407 e. The number of aromatic nitrogens is 2. The number of hydrogen-bond acceptors (Lipinski definition) is 8. The Morgan fingerprint density at radius 3 is 2.29 bits per heavy atom. The van der Waals surface area contributed by atoms with Gasteiger partial charge in [-0.3, -0.25) is 0 Å². The van der Waals surface area contributed by atoms with E-state index in [4.69, 9.17) is 14.7 Å². The van der Waals surface area contributed by atoms with Crippen molar-refractivity contribution in [3.63, 3.8) is 0 Å². The number of ether oxygens (including phenoxy) is 2. The molecule has 0 saturated carbocycles. The van der Waals surface area contributed by atoms with Crippen molar-refractivity contribution in [2.75, 3.05) is 25.1 Å². The first-order valence-corrected chi connectivity index (χ1v) is 12.8. The van der Waals surface area contributed by atoms with Crippen molar-refractivity contribution in [2.45, 2.75) is 45.3 Å². The van der Waals surface area contributed by atoms with Gasteiger partial charge in [0.25, 0.3) is 0 Å². The van der Waals surface area contributed by atoms with Crippen molar-refractivity contribution in [3.05, 3.63) is 59.3 Å². The fourth-order valence-corrected chi connectivity index (χ4v) is 4.50. The molecule has 1 saturated heterocycles. The number of alkyl carbamates (subject to hydrolysis) is 1. The van der Waals surface area contributed by atoms with Gasteiger partial charge in [0.1, 0.15) is 17.5 Å². The minimum Gasteiger partial charge on any atom is -0.494 e. The summed E-state index contributed by atoms with van der Waals surface area (Å²) >= 11 is 0. The van der Waals surface area contributed by atoms with Gasteiger partial charge in [0.05, 0.1) is 18.4 Å². The lowest BCUT2D eigenvalue weighted by atomic mass is 9.96. The summed E-state index contributed by atoms with van der Waals surface area (Å²) in [7, 11) is 1.30. The number of carboxylic acids is 1. The number of carbonyl (C=O) groups is 2. The van der Waals surface area contributed by atoms with Gasteiger partial charge < -0.3 is 24.8 Å². The number of methoxy groups -OCH3 is 1. The van der Waals surface area contributed by atoms with E-state index in [1.54, 1.807) is 31.7 Å². The smallest absolute Gasteiger partial charge is 0.407 e. The van der Waals surface area contributed by atoms with Crippen LogP contribution in [0, 0.1) is 23.0 Å². The number of halogens is 2. The number of nitrogens with zero attached hydrogens (tertiary/aromatic N) is 4. The largest absolute Gasteiger partial charge is 0.494 e. The average molecular weight is 566 g/mol. The number of amides is 1. The second kappa shape index (κ2) is 11.8. The molecule has 1 fully saturated rings. The van der Waals surface area contributed by atoms with E-state index in [1.165, 1.54) is 31.4 Å². The van der Waals surface area contributed by atoms with Crippen LogP contribution in [0.3, 0.4) is 0 Å². The van der Waals surface area contributed by atoms with Crippen molar-refractivity contribution in [1.82, 2.24) is 15.3 Å². The highest BCUT2D eigenvalue weighted by atomic mass is 19.1. The number of carbonyl (C=O) groups excluding carboxylic acids is 1. The average Bonchev–Trinajstić information content (AvgIpc) is 2.91. The highest BCUT2D eigenvalue weighted by molar-refractivity contribution is 5.99. The Labute approximate surface area is 235 Å².